The zero-order valence-electron chi connectivity index (χ0n) is 17.5. The molecular weight excluding hydrogens is 380 g/mol. The topological polar surface area (TPSA) is 72.2 Å². The Morgan fingerprint density at radius 3 is 2.62 bits per heavy atom. The number of nitrogens with one attached hydrogen (secondary N) is 1. The molecule has 1 aliphatic rings. The van der Waals surface area contributed by atoms with Crippen LogP contribution in [-0.4, -0.2) is 11.8 Å². The molecule has 1 aromatic carbocycles. The molecular formula is C24H30N2O2S. The van der Waals surface area contributed by atoms with Gasteiger partial charge in [0.2, 0.25) is 5.91 Å². The summed E-state index contributed by atoms with van der Waals surface area (Å²) in [6.45, 7) is 6.51. The summed E-state index contributed by atoms with van der Waals surface area (Å²) in [4.78, 5) is 25.7. The number of fused-ring (bicyclic) bond motifs is 1. The van der Waals surface area contributed by atoms with Crippen LogP contribution in [0.4, 0.5) is 5.00 Å². The predicted molar refractivity (Wildman–Crippen MR) is 121 cm³/mol. The van der Waals surface area contributed by atoms with Crippen molar-refractivity contribution in [2.75, 3.05) is 5.32 Å². The third kappa shape index (κ3) is 5.15. The Balaban J connectivity index is 1.73. The van der Waals surface area contributed by atoms with Crippen molar-refractivity contribution in [2.24, 2.45) is 11.7 Å². The van der Waals surface area contributed by atoms with Gasteiger partial charge in [0, 0.05) is 11.0 Å². The fourth-order valence-corrected chi connectivity index (χ4v) is 5.35. The van der Waals surface area contributed by atoms with E-state index >= 15 is 0 Å². The average molecular weight is 411 g/mol. The Morgan fingerprint density at radius 2 is 2.00 bits per heavy atom. The summed E-state index contributed by atoms with van der Waals surface area (Å²) in [6.07, 6.45) is 8.58. The fourth-order valence-electron chi connectivity index (χ4n) is 3.98. The first-order chi connectivity index (χ1) is 13.9. The van der Waals surface area contributed by atoms with Crippen LogP contribution in [0, 0.1) is 5.92 Å². The van der Waals surface area contributed by atoms with Crippen LogP contribution in [0.1, 0.15) is 77.9 Å². The summed E-state index contributed by atoms with van der Waals surface area (Å²) in [7, 11) is 0. The van der Waals surface area contributed by atoms with E-state index in [0.29, 0.717) is 22.4 Å². The number of hydrogen-bond acceptors (Lipinski definition) is 3. The van der Waals surface area contributed by atoms with Gasteiger partial charge in [-0.3, -0.25) is 9.59 Å². The van der Waals surface area contributed by atoms with Crippen molar-refractivity contribution in [3.8, 4) is 0 Å². The van der Waals surface area contributed by atoms with E-state index in [1.165, 1.54) is 40.7 Å². The number of nitrogens with two attached hydrogens (primary N) is 1. The molecule has 0 bridgehead atoms. The van der Waals surface area contributed by atoms with Gasteiger partial charge < -0.3 is 11.1 Å². The van der Waals surface area contributed by atoms with Crippen molar-refractivity contribution in [2.45, 2.75) is 58.8 Å². The quantitative estimate of drug-likeness (QED) is 0.589. The first-order valence-corrected chi connectivity index (χ1v) is 11.2. The van der Waals surface area contributed by atoms with Gasteiger partial charge >= 0.3 is 0 Å². The van der Waals surface area contributed by atoms with Gasteiger partial charge in [-0.25, -0.2) is 0 Å². The molecule has 0 spiro atoms. The van der Waals surface area contributed by atoms with Crippen LogP contribution in [0.3, 0.4) is 0 Å². The van der Waals surface area contributed by atoms with E-state index in [2.05, 4.69) is 38.2 Å². The largest absolute Gasteiger partial charge is 0.365 e. The van der Waals surface area contributed by atoms with E-state index < -0.39 is 5.91 Å². The number of thiophene rings is 1. The van der Waals surface area contributed by atoms with Crippen molar-refractivity contribution < 1.29 is 9.59 Å². The molecule has 29 heavy (non-hydrogen) atoms. The predicted octanol–water partition coefficient (Wildman–Crippen LogP) is 5.53. The number of hydrogen-bond donors (Lipinski definition) is 2. The van der Waals surface area contributed by atoms with Crippen LogP contribution in [0.2, 0.25) is 0 Å². The lowest BCUT2D eigenvalue weighted by Gasteiger charge is -2.21. The molecule has 0 radical (unpaired) electrons. The summed E-state index contributed by atoms with van der Waals surface area (Å²) in [5.74, 6) is 0.429. The lowest BCUT2D eigenvalue weighted by Crippen LogP contribution is -2.19. The first kappa shape index (κ1) is 21.3. The monoisotopic (exact) mass is 410 g/mol. The molecule has 1 aliphatic carbocycles. The maximum Gasteiger partial charge on any atom is 0.251 e. The maximum atomic E-state index is 12.5. The minimum Gasteiger partial charge on any atom is -0.365 e. The normalized spacial score (nSPS) is 16.2. The Hall–Kier alpha value is -2.40. The van der Waals surface area contributed by atoms with E-state index in [9.17, 15) is 9.59 Å². The molecule has 1 aromatic heterocycles. The molecule has 154 valence electrons. The maximum absolute atomic E-state index is 12.5. The van der Waals surface area contributed by atoms with Crippen LogP contribution >= 0.6 is 11.3 Å². The second kappa shape index (κ2) is 9.40. The van der Waals surface area contributed by atoms with Gasteiger partial charge in [-0.1, -0.05) is 57.9 Å². The highest BCUT2D eigenvalue weighted by Gasteiger charge is 2.28. The Bertz CT molecular complexity index is 910. The summed E-state index contributed by atoms with van der Waals surface area (Å²) in [5, 5.41) is 3.48. The third-order valence-electron chi connectivity index (χ3n) is 5.58. The number of primary amides is 1. The molecule has 1 atom stereocenters. The zero-order valence-corrected chi connectivity index (χ0v) is 18.3. The Morgan fingerprint density at radius 1 is 1.28 bits per heavy atom. The number of amides is 2. The van der Waals surface area contributed by atoms with Crippen LogP contribution < -0.4 is 11.1 Å². The number of anilines is 1. The second-order valence-corrected chi connectivity index (χ2v) is 9.22. The molecule has 3 rings (SSSR count). The van der Waals surface area contributed by atoms with Gasteiger partial charge in [-0.15, -0.1) is 11.3 Å². The number of benzene rings is 1. The van der Waals surface area contributed by atoms with Crippen molar-refractivity contribution in [1.82, 2.24) is 0 Å². The smallest absolute Gasteiger partial charge is 0.251 e. The van der Waals surface area contributed by atoms with E-state index in [0.717, 1.165) is 30.4 Å². The zero-order chi connectivity index (χ0) is 21.0. The Labute approximate surface area is 177 Å². The third-order valence-corrected chi connectivity index (χ3v) is 6.75. The minimum absolute atomic E-state index is 0.246. The van der Waals surface area contributed by atoms with Crippen molar-refractivity contribution in [3.05, 3.63) is 57.5 Å². The van der Waals surface area contributed by atoms with Crippen LogP contribution in [0.25, 0.3) is 6.08 Å². The SMILES string of the molecule is CCCC1CCc2c(sc(NC(=O)/C=C/c3ccc(C(C)C)cc3)c2C(N)=O)C1. The first-order valence-electron chi connectivity index (χ1n) is 10.4. The molecule has 2 aromatic rings. The van der Waals surface area contributed by atoms with Gasteiger partial charge in [0.05, 0.1) is 5.56 Å². The molecule has 0 saturated carbocycles. The molecule has 0 aliphatic heterocycles. The standard InChI is InChI=1S/C24H30N2O2S/c1-4-5-17-8-12-19-20(14-17)29-24(22(19)23(25)28)26-21(27)13-9-16-6-10-18(11-7-16)15(2)3/h6-7,9-11,13,15,17H,4-5,8,12,14H2,1-3H3,(H2,25,28)(H,26,27)/b13-9+. The summed E-state index contributed by atoms with van der Waals surface area (Å²) < 4.78 is 0. The van der Waals surface area contributed by atoms with Gasteiger partial charge in [0.25, 0.3) is 5.91 Å². The second-order valence-electron chi connectivity index (χ2n) is 8.11. The summed E-state index contributed by atoms with van der Waals surface area (Å²) in [6, 6.07) is 8.16. The van der Waals surface area contributed by atoms with E-state index in [4.69, 9.17) is 5.73 Å². The average Bonchev–Trinajstić information content (AvgIpc) is 3.04. The number of rotatable bonds is 7. The summed E-state index contributed by atoms with van der Waals surface area (Å²) in [5.41, 5.74) is 9.43. The molecule has 1 heterocycles. The van der Waals surface area contributed by atoms with Gasteiger partial charge in [0.15, 0.2) is 0 Å². The van der Waals surface area contributed by atoms with Gasteiger partial charge in [0.1, 0.15) is 5.00 Å². The summed E-state index contributed by atoms with van der Waals surface area (Å²) >= 11 is 1.51. The minimum atomic E-state index is -0.458. The van der Waals surface area contributed by atoms with Gasteiger partial charge in [-0.2, -0.15) is 0 Å². The molecule has 3 N–H and O–H groups in total. The van der Waals surface area contributed by atoms with E-state index in [1.807, 2.05) is 12.1 Å². The van der Waals surface area contributed by atoms with E-state index in [-0.39, 0.29) is 5.91 Å². The van der Waals surface area contributed by atoms with Crippen molar-refractivity contribution in [1.29, 1.82) is 0 Å². The molecule has 0 saturated heterocycles. The highest BCUT2D eigenvalue weighted by atomic mass is 32.1. The highest BCUT2D eigenvalue weighted by molar-refractivity contribution is 7.17. The fraction of sp³-hybridized carbons (Fsp3) is 0.417. The number of carbonyl (C=O) groups is 2. The lowest BCUT2D eigenvalue weighted by molar-refractivity contribution is -0.111. The van der Waals surface area contributed by atoms with E-state index in [1.54, 1.807) is 6.08 Å². The lowest BCUT2D eigenvalue weighted by atomic mass is 9.84. The molecule has 1 unspecified atom stereocenters. The van der Waals surface area contributed by atoms with Crippen LogP contribution in [0.5, 0.6) is 0 Å². The molecule has 2 amide bonds. The molecule has 0 fully saturated rings. The van der Waals surface area contributed by atoms with Crippen molar-refractivity contribution >= 4 is 34.2 Å². The van der Waals surface area contributed by atoms with Crippen LogP contribution in [-0.2, 0) is 17.6 Å². The Kier molecular flexibility index (Phi) is 6.91. The molecule has 5 heteroatoms. The van der Waals surface area contributed by atoms with Gasteiger partial charge in [-0.05, 0) is 53.9 Å². The highest BCUT2D eigenvalue weighted by Crippen LogP contribution is 2.40. The van der Waals surface area contributed by atoms with Crippen molar-refractivity contribution in [3.63, 3.8) is 0 Å². The van der Waals surface area contributed by atoms with Crippen LogP contribution in [0.15, 0.2) is 30.3 Å². The number of carbonyl (C=O) groups excluding carboxylic acids is 2. The molecule has 4 nitrogen and oxygen atoms in total.